The van der Waals surface area contributed by atoms with E-state index in [-0.39, 0.29) is 5.25 Å². The highest BCUT2D eigenvalue weighted by atomic mass is 35.5. The van der Waals surface area contributed by atoms with Gasteiger partial charge in [0.1, 0.15) is 0 Å². The van der Waals surface area contributed by atoms with Gasteiger partial charge >= 0.3 is 0 Å². The fraction of sp³-hybridized carbons (Fsp3) is 0.167. The fourth-order valence-corrected chi connectivity index (χ4v) is 5.19. The van der Waals surface area contributed by atoms with Crippen LogP contribution in [0.1, 0.15) is 0 Å². The van der Waals surface area contributed by atoms with Crippen molar-refractivity contribution in [2.75, 3.05) is 0 Å². The Morgan fingerprint density at radius 3 is 2.44 bits per heavy atom. The zero-order chi connectivity index (χ0) is 11.1. The van der Waals surface area contributed by atoms with Gasteiger partial charge in [-0.25, -0.2) is 0 Å². The third kappa shape index (κ3) is 1.82. The molecule has 0 N–H and O–H groups in total. The van der Waals surface area contributed by atoms with Gasteiger partial charge in [0.15, 0.2) is 0 Å². The largest absolute Gasteiger partial charge is 0.116 e. The average molecular weight is 287 g/mol. The third-order valence-electron chi connectivity index (χ3n) is 2.57. The first kappa shape index (κ1) is 11.1. The molecule has 0 fully saturated rings. The van der Waals surface area contributed by atoms with Crippen LogP contribution in [0.3, 0.4) is 0 Å². The molecule has 1 aromatic carbocycles. The van der Waals surface area contributed by atoms with Crippen molar-refractivity contribution in [1.29, 1.82) is 0 Å². The molecule has 0 bridgehead atoms. The molecule has 0 spiro atoms. The predicted octanol–water partition coefficient (Wildman–Crippen LogP) is 4.88. The summed E-state index contributed by atoms with van der Waals surface area (Å²) in [5.41, 5.74) is 0. The van der Waals surface area contributed by atoms with Crippen LogP contribution in [0.25, 0.3) is 0 Å². The van der Waals surface area contributed by atoms with Crippen molar-refractivity contribution in [1.82, 2.24) is 0 Å². The highest BCUT2D eigenvalue weighted by molar-refractivity contribution is 8.06. The minimum absolute atomic E-state index is 0.263. The first-order valence-electron chi connectivity index (χ1n) is 4.91. The van der Waals surface area contributed by atoms with Crippen LogP contribution in [0.4, 0.5) is 0 Å². The standard InChI is InChI=1S/C12H8Cl2S2/c13-7-5-6-10-12(11(7)14)16-9-4-2-1-3-8(9)15-10/h1-6,10,12H. The second kappa shape index (κ2) is 4.34. The Morgan fingerprint density at radius 1 is 1.00 bits per heavy atom. The molecule has 2 atom stereocenters. The number of fused-ring (bicyclic) bond motifs is 2. The lowest BCUT2D eigenvalue weighted by Gasteiger charge is -2.32. The van der Waals surface area contributed by atoms with Crippen molar-refractivity contribution in [3.63, 3.8) is 0 Å². The second-order valence-electron chi connectivity index (χ2n) is 3.62. The molecule has 1 aliphatic heterocycles. The second-order valence-corrected chi connectivity index (χ2v) is 6.84. The van der Waals surface area contributed by atoms with Crippen molar-refractivity contribution in [2.24, 2.45) is 0 Å². The summed E-state index contributed by atoms with van der Waals surface area (Å²) in [4.78, 5) is 2.63. The molecule has 0 saturated carbocycles. The van der Waals surface area contributed by atoms with Gasteiger partial charge in [-0.05, 0) is 18.2 Å². The molecule has 0 radical (unpaired) electrons. The van der Waals surface area contributed by atoms with Crippen LogP contribution in [0.15, 0.2) is 56.3 Å². The number of allylic oxidation sites excluding steroid dienone is 2. The molecular weight excluding hydrogens is 279 g/mol. The molecule has 2 unspecified atom stereocenters. The minimum atomic E-state index is 0.263. The third-order valence-corrected chi connectivity index (χ3v) is 6.57. The Kier molecular flexibility index (Phi) is 3.01. The Labute approximate surface area is 113 Å². The van der Waals surface area contributed by atoms with E-state index in [9.17, 15) is 0 Å². The molecule has 3 rings (SSSR count). The van der Waals surface area contributed by atoms with Crippen LogP contribution in [-0.4, -0.2) is 10.5 Å². The maximum absolute atomic E-state index is 6.27. The lowest BCUT2D eigenvalue weighted by Crippen LogP contribution is -2.24. The quantitative estimate of drug-likeness (QED) is 0.667. The summed E-state index contributed by atoms with van der Waals surface area (Å²) in [6, 6.07) is 8.43. The van der Waals surface area contributed by atoms with Crippen molar-refractivity contribution < 1.29 is 0 Å². The maximum Gasteiger partial charge on any atom is 0.0624 e. The zero-order valence-electron chi connectivity index (χ0n) is 8.19. The van der Waals surface area contributed by atoms with Crippen molar-refractivity contribution in [2.45, 2.75) is 20.3 Å². The van der Waals surface area contributed by atoms with Gasteiger partial charge in [-0.2, -0.15) is 0 Å². The molecule has 0 saturated heterocycles. The highest BCUT2D eigenvalue weighted by Crippen LogP contribution is 2.50. The van der Waals surface area contributed by atoms with Crippen LogP contribution in [0.2, 0.25) is 0 Å². The average Bonchev–Trinajstić information content (AvgIpc) is 2.32. The van der Waals surface area contributed by atoms with E-state index in [2.05, 4.69) is 30.3 Å². The molecule has 0 nitrogen and oxygen atoms in total. The summed E-state index contributed by atoms with van der Waals surface area (Å²) in [6.45, 7) is 0. The van der Waals surface area contributed by atoms with Gasteiger partial charge in [-0.15, -0.1) is 23.5 Å². The van der Waals surface area contributed by atoms with E-state index in [1.54, 1.807) is 11.8 Å². The van der Waals surface area contributed by atoms with Crippen LogP contribution >= 0.6 is 46.7 Å². The summed E-state index contributed by atoms with van der Waals surface area (Å²) in [5.74, 6) is 0. The van der Waals surface area contributed by atoms with Gasteiger partial charge in [0, 0.05) is 15.0 Å². The summed E-state index contributed by atoms with van der Waals surface area (Å²) in [5, 5.41) is 2.12. The topological polar surface area (TPSA) is 0 Å². The van der Waals surface area contributed by atoms with Crippen LogP contribution in [0, 0.1) is 0 Å². The Bertz CT molecular complexity index is 494. The molecule has 16 heavy (non-hydrogen) atoms. The number of benzene rings is 1. The monoisotopic (exact) mass is 286 g/mol. The summed E-state index contributed by atoms with van der Waals surface area (Å²) < 4.78 is 0. The summed E-state index contributed by atoms with van der Waals surface area (Å²) >= 11 is 16.0. The van der Waals surface area contributed by atoms with E-state index < -0.39 is 0 Å². The van der Waals surface area contributed by atoms with Gasteiger partial charge < -0.3 is 0 Å². The van der Waals surface area contributed by atoms with Gasteiger partial charge in [0.2, 0.25) is 0 Å². The lowest BCUT2D eigenvalue weighted by atomic mass is 10.2. The number of rotatable bonds is 0. The van der Waals surface area contributed by atoms with E-state index >= 15 is 0 Å². The molecule has 4 heteroatoms. The van der Waals surface area contributed by atoms with E-state index in [1.807, 2.05) is 17.8 Å². The van der Waals surface area contributed by atoms with Gasteiger partial charge in [-0.3, -0.25) is 0 Å². The molecule has 1 aromatic rings. The minimum Gasteiger partial charge on any atom is -0.116 e. The van der Waals surface area contributed by atoms with Crippen LogP contribution in [0.5, 0.6) is 0 Å². The lowest BCUT2D eigenvalue weighted by molar-refractivity contribution is 1.02. The number of hydrogen-bond acceptors (Lipinski definition) is 2. The molecule has 1 aliphatic carbocycles. The molecule has 0 aromatic heterocycles. The molecule has 2 aliphatic rings. The summed E-state index contributed by atoms with van der Waals surface area (Å²) in [6.07, 6.45) is 4.05. The van der Waals surface area contributed by atoms with E-state index in [1.165, 1.54) is 9.79 Å². The maximum atomic E-state index is 6.27. The fourth-order valence-electron chi connectivity index (χ4n) is 1.79. The van der Waals surface area contributed by atoms with Crippen LogP contribution < -0.4 is 0 Å². The van der Waals surface area contributed by atoms with Crippen molar-refractivity contribution in [3.05, 3.63) is 46.5 Å². The molecule has 0 amide bonds. The molecule has 82 valence electrons. The molecular formula is C12H8Cl2S2. The Balaban J connectivity index is 2.02. The number of halogens is 2. The number of hydrogen-bond donors (Lipinski definition) is 0. The van der Waals surface area contributed by atoms with E-state index in [0.29, 0.717) is 10.3 Å². The first-order valence-corrected chi connectivity index (χ1v) is 7.43. The first-order chi connectivity index (χ1) is 7.75. The molecule has 1 heterocycles. The van der Waals surface area contributed by atoms with Crippen molar-refractivity contribution in [3.8, 4) is 0 Å². The van der Waals surface area contributed by atoms with E-state index in [4.69, 9.17) is 23.2 Å². The SMILES string of the molecule is ClC1=C(Cl)C2Sc3ccccc3SC2C=C1. The van der Waals surface area contributed by atoms with Gasteiger partial charge in [0.25, 0.3) is 0 Å². The van der Waals surface area contributed by atoms with Crippen LogP contribution in [-0.2, 0) is 0 Å². The Morgan fingerprint density at radius 2 is 1.69 bits per heavy atom. The zero-order valence-corrected chi connectivity index (χ0v) is 11.3. The predicted molar refractivity (Wildman–Crippen MR) is 73.6 cm³/mol. The summed E-state index contributed by atoms with van der Waals surface area (Å²) in [7, 11) is 0. The Hall–Kier alpha value is -0.0200. The smallest absolute Gasteiger partial charge is 0.0624 e. The normalized spacial score (nSPS) is 27.6. The highest BCUT2D eigenvalue weighted by Gasteiger charge is 2.33. The number of thioether (sulfide) groups is 2. The van der Waals surface area contributed by atoms with Gasteiger partial charge in [-0.1, -0.05) is 41.4 Å². The van der Waals surface area contributed by atoms with E-state index in [0.717, 1.165) is 5.03 Å². The van der Waals surface area contributed by atoms with Crippen molar-refractivity contribution >= 4 is 46.7 Å². The van der Waals surface area contributed by atoms with Gasteiger partial charge in [0.05, 0.1) is 15.3 Å².